The van der Waals surface area contributed by atoms with E-state index in [0.29, 0.717) is 26.2 Å². The predicted molar refractivity (Wildman–Crippen MR) is 66.3 cm³/mol. The molecule has 0 aliphatic carbocycles. The van der Waals surface area contributed by atoms with Gasteiger partial charge in [-0.3, -0.25) is 4.52 Å². The van der Waals surface area contributed by atoms with Crippen LogP contribution in [0.15, 0.2) is 0 Å². The van der Waals surface area contributed by atoms with Crippen LogP contribution < -0.4 is 16.5 Å². The summed E-state index contributed by atoms with van der Waals surface area (Å²) < 4.78 is 20.6. The number of nitrogens with one attached hydrogen (secondary N) is 2. The zero-order valence-electron chi connectivity index (χ0n) is 10.4. The molecular formula is C9H24N3O4P. The van der Waals surface area contributed by atoms with Gasteiger partial charge in [0.05, 0.1) is 6.61 Å². The zero-order valence-corrected chi connectivity index (χ0v) is 11.2. The minimum absolute atomic E-state index is 0.231. The Kier molecular flexibility index (Phi) is 11.1. The average Bonchev–Trinajstić information content (AvgIpc) is 2.29. The van der Waals surface area contributed by atoms with Crippen molar-refractivity contribution < 1.29 is 18.6 Å². The number of hydrogen-bond donors (Lipinski definition) is 4. The Morgan fingerprint density at radius 1 is 1.29 bits per heavy atom. The van der Waals surface area contributed by atoms with Gasteiger partial charge in [0.1, 0.15) is 0 Å². The van der Waals surface area contributed by atoms with E-state index in [0.717, 1.165) is 19.3 Å². The summed E-state index contributed by atoms with van der Waals surface area (Å²) in [6, 6.07) is 0. The Hall–Kier alpha value is -0.0100. The van der Waals surface area contributed by atoms with Crippen LogP contribution >= 0.6 is 7.82 Å². The fourth-order valence-corrected chi connectivity index (χ4v) is 1.72. The summed E-state index contributed by atoms with van der Waals surface area (Å²) in [5, 5.41) is 3.00. The second-order valence-corrected chi connectivity index (χ2v) is 4.91. The molecule has 0 aromatic heterocycles. The molecule has 0 radical (unpaired) electrons. The zero-order chi connectivity index (χ0) is 13.0. The van der Waals surface area contributed by atoms with Crippen LogP contribution in [-0.4, -0.2) is 37.7 Å². The SMILES string of the molecule is CCCCCOP(=O)(O)ONCCNCCN. The largest absolute Gasteiger partial charge is 0.488 e. The highest BCUT2D eigenvalue weighted by atomic mass is 31.2. The molecule has 0 rings (SSSR count). The van der Waals surface area contributed by atoms with Crippen LogP contribution in [0.25, 0.3) is 0 Å². The molecule has 1 atom stereocenters. The maximum Gasteiger partial charge on any atom is 0.488 e. The third-order valence-corrected chi connectivity index (χ3v) is 2.78. The van der Waals surface area contributed by atoms with Crippen LogP contribution in [0.2, 0.25) is 0 Å². The van der Waals surface area contributed by atoms with Gasteiger partial charge in [-0.05, 0) is 6.42 Å². The van der Waals surface area contributed by atoms with Crippen molar-refractivity contribution in [3.8, 4) is 0 Å². The summed E-state index contributed by atoms with van der Waals surface area (Å²) in [6.45, 7) is 4.54. The molecule has 0 aliphatic rings. The van der Waals surface area contributed by atoms with Crippen LogP contribution in [-0.2, 0) is 13.7 Å². The van der Waals surface area contributed by atoms with E-state index in [4.69, 9.17) is 10.3 Å². The molecule has 0 aromatic rings. The van der Waals surface area contributed by atoms with Gasteiger partial charge in [0, 0.05) is 26.2 Å². The molecule has 0 saturated carbocycles. The summed E-state index contributed by atoms with van der Waals surface area (Å²) >= 11 is 0. The first-order chi connectivity index (χ1) is 8.12. The van der Waals surface area contributed by atoms with Gasteiger partial charge in [-0.1, -0.05) is 19.8 Å². The predicted octanol–water partition coefficient (Wildman–Crippen LogP) is 0.363. The quantitative estimate of drug-likeness (QED) is 0.230. The van der Waals surface area contributed by atoms with E-state index >= 15 is 0 Å². The van der Waals surface area contributed by atoms with Crippen LogP contribution in [0.3, 0.4) is 0 Å². The highest BCUT2D eigenvalue weighted by Crippen LogP contribution is 2.41. The normalized spacial score (nSPS) is 14.8. The molecule has 0 saturated heterocycles. The molecular weight excluding hydrogens is 245 g/mol. The Bertz CT molecular complexity index is 218. The van der Waals surface area contributed by atoms with Crippen molar-refractivity contribution in [2.75, 3.05) is 32.8 Å². The third-order valence-electron chi connectivity index (χ3n) is 1.91. The lowest BCUT2D eigenvalue weighted by Crippen LogP contribution is -2.30. The van der Waals surface area contributed by atoms with Gasteiger partial charge >= 0.3 is 7.82 Å². The number of phosphoric acid groups is 1. The van der Waals surface area contributed by atoms with Crippen molar-refractivity contribution in [2.24, 2.45) is 5.73 Å². The maximum atomic E-state index is 11.3. The van der Waals surface area contributed by atoms with Crippen LogP contribution in [0.1, 0.15) is 26.2 Å². The van der Waals surface area contributed by atoms with Crippen molar-refractivity contribution in [2.45, 2.75) is 26.2 Å². The van der Waals surface area contributed by atoms with Gasteiger partial charge in [-0.25, -0.2) is 4.57 Å². The lowest BCUT2D eigenvalue weighted by molar-refractivity contribution is 0.0962. The Morgan fingerprint density at radius 3 is 2.71 bits per heavy atom. The van der Waals surface area contributed by atoms with E-state index < -0.39 is 7.82 Å². The molecule has 7 nitrogen and oxygen atoms in total. The molecule has 8 heteroatoms. The molecule has 0 aromatic carbocycles. The number of unbranched alkanes of at least 4 members (excludes halogenated alkanes) is 2. The standard InChI is InChI=1S/C9H24N3O4P/c1-2-3-4-9-15-17(13,14)16-12-8-7-11-6-5-10/h11-12H,2-10H2,1H3,(H,13,14). The monoisotopic (exact) mass is 269 g/mol. The fourth-order valence-electron chi connectivity index (χ4n) is 1.05. The summed E-state index contributed by atoms with van der Waals surface area (Å²) in [5.74, 6) is 0. The molecule has 0 amide bonds. The van der Waals surface area contributed by atoms with E-state index in [2.05, 4.69) is 15.4 Å². The first kappa shape index (κ1) is 17.0. The minimum Gasteiger partial charge on any atom is -0.329 e. The molecule has 0 spiro atoms. The van der Waals surface area contributed by atoms with E-state index in [1.165, 1.54) is 0 Å². The molecule has 0 fully saturated rings. The second kappa shape index (κ2) is 11.1. The number of hydroxylamine groups is 1. The van der Waals surface area contributed by atoms with Crippen molar-refractivity contribution >= 4 is 7.82 Å². The van der Waals surface area contributed by atoms with Crippen molar-refractivity contribution in [1.82, 2.24) is 10.8 Å². The lowest BCUT2D eigenvalue weighted by Gasteiger charge is -2.12. The van der Waals surface area contributed by atoms with E-state index in [9.17, 15) is 9.46 Å². The Balaban J connectivity index is 3.40. The number of phosphoric ester groups is 1. The molecule has 17 heavy (non-hydrogen) atoms. The highest BCUT2D eigenvalue weighted by molar-refractivity contribution is 7.47. The number of rotatable bonds is 12. The molecule has 0 heterocycles. The van der Waals surface area contributed by atoms with Gasteiger partial charge in [-0.15, -0.1) is 0 Å². The van der Waals surface area contributed by atoms with Crippen molar-refractivity contribution in [1.29, 1.82) is 0 Å². The van der Waals surface area contributed by atoms with Gasteiger partial charge in [0.25, 0.3) is 0 Å². The summed E-state index contributed by atoms with van der Waals surface area (Å²) in [4.78, 5) is 9.22. The summed E-state index contributed by atoms with van der Waals surface area (Å²) in [5.41, 5.74) is 7.66. The smallest absolute Gasteiger partial charge is 0.329 e. The van der Waals surface area contributed by atoms with Gasteiger partial charge in [0.2, 0.25) is 0 Å². The maximum absolute atomic E-state index is 11.3. The summed E-state index contributed by atoms with van der Waals surface area (Å²) in [7, 11) is -3.95. The van der Waals surface area contributed by atoms with E-state index in [-0.39, 0.29) is 6.61 Å². The molecule has 0 bridgehead atoms. The topological polar surface area (TPSA) is 106 Å². The van der Waals surface area contributed by atoms with Crippen molar-refractivity contribution in [3.05, 3.63) is 0 Å². The van der Waals surface area contributed by atoms with Gasteiger partial charge < -0.3 is 15.9 Å². The van der Waals surface area contributed by atoms with E-state index in [1.54, 1.807) is 0 Å². The van der Waals surface area contributed by atoms with Crippen molar-refractivity contribution in [3.63, 3.8) is 0 Å². The average molecular weight is 269 g/mol. The lowest BCUT2D eigenvalue weighted by atomic mass is 10.3. The van der Waals surface area contributed by atoms with Crippen LogP contribution in [0.4, 0.5) is 0 Å². The van der Waals surface area contributed by atoms with Gasteiger partial charge in [-0.2, -0.15) is 10.1 Å². The molecule has 5 N–H and O–H groups in total. The first-order valence-electron chi connectivity index (χ1n) is 5.92. The third kappa shape index (κ3) is 12.2. The second-order valence-electron chi connectivity index (χ2n) is 3.53. The molecule has 1 unspecified atom stereocenters. The summed E-state index contributed by atoms with van der Waals surface area (Å²) in [6.07, 6.45) is 2.75. The van der Waals surface area contributed by atoms with Crippen LogP contribution in [0.5, 0.6) is 0 Å². The number of hydrogen-bond acceptors (Lipinski definition) is 6. The Morgan fingerprint density at radius 2 is 2.06 bits per heavy atom. The van der Waals surface area contributed by atoms with E-state index in [1.807, 2.05) is 6.92 Å². The van der Waals surface area contributed by atoms with Gasteiger partial charge in [0.15, 0.2) is 0 Å². The minimum atomic E-state index is -3.95. The first-order valence-corrected chi connectivity index (χ1v) is 7.41. The fraction of sp³-hybridized carbons (Fsp3) is 1.00. The Labute approximate surface area is 103 Å². The highest BCUT2D eigenvalue weighted by Gasteiger charge is 2.20. The molecule has 104 valence electrons. The van der Waals surface area contributed by atoms with Crippen LogP contribution in [0, 0.1) is 0 Å². The number of nitrogens with two attached hydrogens (primary N) is 1. The molecule has 0 aliphatic heterocycles.